The number of amides is 2. The first-order chi connectivity index (χ1) is 15.5. The number of rotatable bonds is 4. The highest BCUT2D eigenvalue weighted by molar-refractivity contribution is 7.09. The third-order valence-electron chi connectivity index (χ3n) is 6.42. The number of aryl methyl sites for hydroxylation is 2. The molecular weight excluding hydrogens is 426 g/mol. The maximum atomic E-state index is 13.8. The Bertz CT molecular complexity index is 1110. The molecule has 0 radical (unpaired) electrons. The Hall–Kier alpha value is -2.97. The fraction of sp³-hybridized carbons (Fsp3) is 0.375. The molecule has 2 unspecified atom stereocenters. The molecule has 2 amide bonds. The fourth-order valence-electron chi connectivity index (χ4n) is 4.86. The zero-order valence-electron chi connectivity index (χ0n) is 18.1. The SMILES string of the molecule is Cc1noc(C)c1C(=O)N1CCOC2(C1)C(=O)N(Cc1cccs1)CC2c1ccccc1. The second-order valence-electron chi connectivity index (χ2n) is 8.39. The highest BCUT2D eigenvalue weighted by Gasteiger charge is 2.58. The maximum absolute atomic E-state index is 13.8. The second-order valence-corrected chi connectivity index (χ2v) is 9.42. The average molecular weight is 452 g/mol. The monoisotopic (exact) mass is 451 g/mol. The third kappa shape index (κ3) is 3.43. The van der Waals surface area contributed by atoms with Crippen LogP contribution in [0.15, 0.2) is 52.4 Å². The van der Waals surface area contributed by atoms with E-state index in [0.29, 0.717) is 43.3 Å². The van der Waals surface area contributed by atoms with Crippen LogP contribution in [0.3, 0.4) is 0 Å². The zero-order valence-corrected chi connectivity index (χ0v) is 18.9. The largest absolute Gasteiger partial charge is 0.361 e. The number of carbonyl (C=O) groups is 2. The molecule has 2 saturated heterocycles. The minimum atomic E-state index is -1.11. The van der Waals surface area contributed by atoms with Crippen LogP contribution in [0.4, 0.5) is 0 Å². The summed E-state index contributed by atoms with van der Waals surface area (Å²) in [5.41, 5.74) is 0.968. The van der Waals surface area contributed by atoms with Gasteiger partial charge in [-0.25, -0.2) is 0 Å². The van der Waals surface area contributed by atoms with E-state index >= 15 is 0 Å². The molecule has 1 aromatic carbocycles. The van der Waals surface area contributed by atoms with Gasteiger partial charge in [-0.2, -0.15) is 0 Å². The van der Waals surface area contributed by atoms with Crippen LogP contribution in [0.2, 0.25) is 0 Å². The van der Waals surface area contributed by atoms with E-state index in [1.54, 1.807) is 30.1 Å². The van der Waals surface area contributed by atoms with Gasteiger partial charge in [-0.3, -0.25) is 9.59 Å². The van der Waals surface area contributed by atoms with Crippen LogP contribution in [-0.4, -0.2) is 58.6 Å². The van der Waals surface area contributed by atoms with Crippen molar-refractivity contribution < 1.29 is 18.8 Å². The molecule has 2 atom stereocenters. The van der Waals surface area contributed by atoms with Gasteiger partial charge >= 0.3 is 0 Å². The van der Waals surface area contributed by atoms with Gasteiger partial charge in [-0.15, -0.1) is 11.3 Å². The molecule has 3 aromatic rings. The Labute approximate surface area is 190 Å². The molecule has 0 N–H and O–H groups in total. The van der Waals surface area contributed by atoms with Gasteiger partial charge in [0.15, 0.2) is 5.60 Å². The number of aromatic nitrogens is 1. The number of ether oxygens (including phenoxy) is 1. The van der Waals surface area contributed by atoms with Crippen molar-refractivity contribution in [3.05, 3.63) is 75.3 Å². The lowest BCUT2D eigenvalue weighted by atomic mass is 9.83. The van der Waals surface area contributed by atoms with E-state index in [9.17, 15) is 9.59 Å². The van der Waals surface area contributed by atoms with E-state index in [4.69, 9.17) is 9.26 Å². The number of carbonyl (C=O) groups excluding carboxylic acids is 2. The van der Waals surface area contributed by atoms with Gasteiger partial charge in [0, 0.05) is 23.9 Å². The van der Waals surface area contributed by atoms with Gasteiger partial charge in [0.1, 0.15) is 11.3 Å². The summed E-state index contributed by atoms with van der Waals surface area (Å²) in [5.74, 6) is 0.0948. The second kappa shape index (κ2) is 8.18. The minimum absolute atomic E-state index is 0.0592. The summed E-state index contributed by atoms with van der Waals surface area (Å²) in [6.45, 7) is 5.52. The number of benzene rings is 1. The molecule has 5 rings (SSSR count). The lowest BCUT2D eigenvalue weighted by Gasteiger charge is -2.42. The number of likely N-dealkylation sites (tertiary alicyclic amines) is 1. The minimum Gasteiger partial charge on any atom is -0.361 e. The first-order valence-electron chi connectivity index (χ1n) is 10.7. The number of hydrogen-bond donors (Lipinski definition) is 0. The number of nitrogens with zero attached hydrogens (tertiary/aromatic N) is 3. The van der Waals surface area contributed by atoms with Gasteiger partial charge in [0.05, 0.1) is 25.4 Å². The first-order valence-corrected chi connectivity index (χ1v) is 11.6. The Kier molecular flexibility index (Phi) is 5.35. The quantitative estimate of drug-likeness (QED) is 0.608. The van der Waals surface area contributed by atoms with Crippen molar-refractivity contribution in [3.8, 4) is 0 Å². The van der Waals surface area contributed by atoms with Crippen LogP contribution in [0.1, 0.15) is 38.2 Å². The van der Waals surface area contributed by atoms with Crippen LogP contribution < -0.4 is 0 Å². The molecule has 166 valence electrons. The summed E-state index contributed by atoms with van der Waals surface area (Å²) in [5, 5.41) is 5.94. The van der Waals surface area contributed by atoms with Gasteiger partial charge in [-0.05, 0) is 30.9 Å². The lowest BCUT2D eigenvalue weighted by molar-refractivity contribution is -0.160. The van der Waals surface area contributed by atoms with Crippen LogP contribution in [-0.2, 0) is 16.1 Å². The normalized spacial score (nSPS) is 23.3. The van der Waals surface area contributed by atoms with Crippen molar-refractivity contribution in [2.75, 3.05) is 26.2 Å². The van der Waals surface area contributed by atoms with Gasteiger partial charge in [-0.1, -0.05) is 41.6 Å². The Morgan fingerprint density at radius 3 is 2.72 bits per heavy atom. The van der Waals surface area contributed by atoms with Crippen molar-refractivity contribution in [1.82, 2.24) is 15.0 Å². The van der Waals surface area contributed by atoms with E-state index < -0.39 is 5.60 Å². The predicted molar refractivity (Wildman–Crippen MR) is 119 cm³/mol. The highest BCUT2D eigenvalue weighted by atomic mass is 32.1. The van der Waals surface area contributed by atoms with Crippen LogP contribution in [0.5, 0.6) is 0 Å². The summed E-state index contributed by atoms with van der Waals surface area (Å²) in [6, 6.07) is 14.0. The van der Waals surface area contributed by atoms with Crippen molar-refractivity contribution >= 4 is 23.2 Å². The first kappa shape index (κ1) is 20.9. The van der Waals surface area contributed by atoms with E-state index in [0.717, 1.165) is 10.4 Å². The topological polar surface area (TPSA) is 75.9 Å². The smallest absolute Gasteiger partial charge is 0.259 e. The van der Waals surface area contributed by atoms with E-state index in [2.05, 4.69) is 5.16 Å². The summed E-state index contributed by atoms with van der Waals surface area (Å²) < 4.78 is 11.5. The van der Waals surface area contributed by atoms with Crippen molar-refractivity contribution in [1.29, 1.82) is 0 Å². The standard InChI is InChI=1S/C24H25N3O4S/c1-16-21(17(2)31-25-16)22(28)26-10-11-30-24(15-26)20(18-7-4-3-5-8-18)14-27(23(24)29)13-19-9-6-12-32-19/h3-9,12,20H,10-11,13-15H2,1-2H3. The van der Waals surface area contributed by atoms with Gasteiger partial charge in [0.25, 0.3) is 11.8 Å². The van der Waals surface area contributed by atoms with Gasteiger partial charge in [0.2, 0.25) is 0 Å². The average Bonchev–Trinajstić information content (AvgIpc) is 3.50. The zero-order chi connectivity index (χ0) is 22.3. The van der Waals surface area contributed by atoms with E-state index in [-0.39, 0.29) is 24.3 Å². The molecule has 8 heteroatoms. The van der Waals surface area contributed by atoms with Crippen LogP contribution in [0, 0.1) is 13.8 Å². The predicted octanol–water partition coefficient (Wildman–Crippen LogP) is 3.39. The lowest BCUT2D eigenvalue weighted by Crippen LogP contribution is -2.59. The molecule has 32 heavy (non-hydrogen) atoms. The molecular formula is C24H25N3O4S. The molecule has 1 spiro atoms. The molecule has 2 aliphatic rings. The van der Waals surface area contributed by atoms with Crippen LogP contribution in [0.25, 0.3) is 0 Å². The maximum Gasteiger partial charge on any atom is 0.259 e. The highest BCUT2D eigenvalue weighted by Crippen LogP contribution is 2.43. The van der Waals surface area contributed by atoms with Crippen molar-refractivity contribution in [2.45, 2.75) is 31.9 Å². The molecule has 2 aromatic heterocycles. The summed E-state index contributed by atoms with van der Waals surface area (Å²) in [4.78, 5) is 31.9. The number of hydrogen-bond acceptors (Lipinski definition) is 6. The molecule has 0 saturated carbocycles. The number of thiophene rings is 1. The molecule has 2 fully saturated rings. The molecule has 0 bridgehead atoms. The molecule has 2 aliphatic heterocycles. The Morgan fingerprint density at radius 2 is 2.03 bits per heavy atom. The Balaban J connectivity index is 1.49. The third-order valence-corrected chi connectivity index (χ3v) is 7.29. The molecule has 7 nitrogen and oxygen atoms in total. The summed E-state index contributed by atoms with van der Waals surface area (Å²) in [7, 11) is 0. The Morgan fingerprint density at radius 1 is 1.22 bits per heavy atom. The summed E-state index contributed by atoms with van der Waals surface area (Å²) >= 11 is 1.63. The molecule has 4 heterocycles. The number of morpholine rings is 1. The van der Waals surface area contributed by atoms with Crippen molar-refractivity contribution in [2.24, 2.45) is 0 Å². The van der Waals surface area contributed by atoms with Gasteiger partial charge < -0.3 is 19.1 Å². The van der Waals surface area contributed by atoms with E-state index in [1.807, 2.05) is 52.7 Å². The van der Waals surface area contributed by atoms with E-state index in [1.165, 1.54) is 0 Å². The fourth-order valence-corrected chi connectivity index (χ4v) is 5.58. The van der Waals surface area contributed by atoms with Crippen LogP contribution >= 0.6 is 11.3 Å². The summed E-state index contributed by atoms with van der Waals surface area (Å²) in [6.07, 6.45) is 0. The molecule has 0 aliphatic carbocycles. The van der Waals surface area contributed by atoms with Crippen molar-refractivity contribution in [3.63, 3.8) is 0 Å².